The van der Waals surface area contributed by atoms with E-state index in [2.05, 4.69) is 10.3 Å². The number of hydrogen-bond acceptors (Lipinski definition) is 7. The summed E-state index contributed by atoms with van der Waals surface area (Å²) in [6.45, 7) is 0. The van der Waals surface area contributed by atoms with Crippen molar-refractivity contribution < 1.29 is 13.7 Å². The third-order valence-electron chi connectivity index (χ3n) is 3.82. The summed E-state index contributed by atoms with van der Waals surface area (Å²) < 4.78 is 19.0. The number of aromatic nitrogens is 1. The zero-order valence-corrected chi connectivity index (χ0v) is 14.3. The Bertz CT molecular complexity index is 1230. The summed E-state index contributed by atoms with van der Waals surface area (Å²) in [6.07, 6.45) is 0. The van der Waals surface area contributed by atoms with Crippen LogP contribution >= 0.6 is 11.3 Å². The molecule has 0 aliphatic heterocycles. The maximum Gasteiger partial charge on any atom is 0.345 e. The third-order valence-corrected chi connectivity index (χ3v) is 4.58. The number of fused-ring (bicyclic) bond motifs is 1. The van der Waals surface area contributed by atoms with Crippen molar-refractivity contribution in [1.82, 2.24) is 4.98 Å². The van der Waals surface area contributed by atoms with Crippen LogP contribution < -0.4 is 10.9 Å². The van der Waals surface area contributed by atoms with E-state index in [1.54, 1.807) is 23.6 Å². The Kier molecular flexibility index (Phi) is 4.13. The van der Waals surface area contributed by atoms with Gasteiger partial charge in [0, 0.05) is 22.9 Å². The first-order valence-electron chi connectivity index (χ1n) is 7.71. The first-order chi connectivity index (χ1) is 13.0. The van der Waals surface area contributed by atoms with Crippen LogP contribution in [0, 0.1) is 15.9 Å². The topological polar surface area (TPSA) is 98.3 Å². The van der Waals surface area contributed by atoms with Crippen molar-refractivity contribution in [2.45, 2.75) is 0 Å². The van der Waals surface area contributed by atoms with Gasteiger partial charge in [-0.3, -0.25) is 10.1 Å². The monoisotopic (exact) mass is 383 g/mol. The normalized spacial score (nSPS) is 10.9. The van der Waals surface area contributed by atoms with Crippen LogP contribution in [0.25, 0.3) is 22.2 Å². The number of rotatable bonds is 4. The van der Waals surface area contributed by atoms with Crippen molar-refractivity contribution in [3.63, 3.8) is 0 Å². The fourth-order valence-electron chi connectivity index (χ4n) is 2.54. The highest BCUT2D eigenvalue weighted by atomic mass is 32.1. The van der Waals surface area contributed by atoms with Crippen molar-refractivity contribution in [3.05, 3.63) is 80.3 Å². The van der Waals surface area contributed by atoms with E-state index in [1.807, 2.05) is 0 Å². The molecule has 1 N–H and O–H groups in total. The number of hydrogen-bond donors (Lipinski definition) is 1. The molecule has 0 saturated heterocycles. The van der Waals surface area contributed by atoms with E-state index < -0.39 is 16.4 Å². The van der Waals surface area contributed by atoms with Gasteiger partial charge in [-0.2, -0.15) is 0 Å². The summed E-state index contributed by atoms with van der Waals surface area (Å²) >= 11 is 1.19. The number of thiazole rings is 1. The molecule has 0 unspecified atom stereocenters. The zero-order valence-electron chi connectivity index (χ0n) is 13.5. The van der Waals surface area contributed by atoms with Crippen LogP contribution in [0.4, 0.5) is 20.9 Å². The molecule has 0 aliphatic carbocycles. The number of non-ortho nitro benzene ring substituents is 1. The Morgan fingerprint density at radius 2 is 2.00 bits per heavy atom. The van der Waals surface area contributed by atoms with Crippen LogP contribution in [-0.4, -0.2) is 9.91 Å². The highest BCUT2D eigenvalue weighted by Gasteiger charge is 2.14. The molecule has 0 spiro atoms. The predicted octanol–water partition coefficient (Wildman–Crippen LogP) is 4.71. The van der Waals surface area contributed by atoms with Crippen molar-refractivity contribution in [1.29, 1.82) is 0 Å². The maximum absolute atomic E-state index is 13.7. The minimum absolute atomic E-state index is 0.109. The third kappa shape index (κ3) is 3.27. The van der Waals surface area contributed by atoms with Crippen molar-refractivity contribution in [3.8, 4) is 11.3 Å². The van der Waals surface area contributed by atoms with E-state index in [0.29, 0.717) is 16.2 Å². The van der Waals surface area contributed by atoms with Crippen LogP contribution in [0.3, 0.4) is 0 Å². The molecular weight excluding hydrogens is 373 g/mol. The van der Waals surface area contributed by atoms with Gasteiger partial charge in [0.2, 0.25) is 0 Å². The van der Waals surface area contributed by atoms with E-state index in [4.69, 9.17) is 4.42 Å². The van der Waals surface area contributed by atoms with E-state index >= 15 is 0 Å². The van der Waals surface area contributed by atoms with Crippen molar-refractivity contribution in [2.75, 3.05) is 5.32 Å². The first-order valence-corrected chi connectivity index (χ1v) is 8.59. The fraction of sp³-hybridized carbons (Fsp3) is 0. The number of para-hydroxylation sites is 1. The summed E-state index contributed by atoms with van der Waals surface area (Å²) in [4.78, 5) is 27.0. The molecule has 2 aromatic carbocycles. The SMILES string of the molecule is O=c1oc2ccc([N+](=O)[O-])cc2cc1-c1csc(Nc2ccccc2F)n1. The second-order valence-corrected chi connectivity index (χ2v) is 6.43. The van der Waals surface area contributed by atoms with Gasteiger partial charge >= 0.3 is 5.63 Å². The molecule has 4 aromatic rings. The van der Waals surface area contributed by atoms with E-state index in [0.717, 1.165) is 0 Å². The van der Waals surface area contributed by atoms with Crippen LogP contribution in [0.5, 0.6) is 0 Å². The van der Waals surface area contributed by atoms with E-state index in [-0.39, 0.29) is 22.5 Å². The molecule has 134 valence electrons. The highest BCUT2D eigenvalue weighted by molar-refractivity contribution is 7.14. The average Bonchev–Trinajstić information content (AvgIpc) is 3.11. The summed E-state index contributed by atoms with van der Waals surface area (Å²) in [6, 6.07) is 11.6. The van der Waals surface area contributed by atoms with Gasteiger partial charge < -0.3 is 9.73 Å². The van der Waals surface area contributed by atoms with Crippen LogP contribution in [-0.2, 0) is 0 Å². The summed E-state index contributed by atoms with van der Waals surface area (Å²) in [5.41, 5.74) is 0.289. The predicted molar refractivity (Wildman–Crippen MR) is 99.9 cm³/mol. The number of nitro groups is 1. The van der Waals surface area contributed by atoms with Gasteiger partial charge in [-0.1, -0.05) is 12.1 Å². The molecule has 0 atom stereocenters. The molecule has 4 rings (SSSR count). The smallest absolute Gasteiger partial charge is 0.345 e. The first kappa shape index (κ1) is 16.9. The van der Waals surface area contributed by atoms with Gasteiger partial charge in [0.05, 0.1) is 21.9 Å². The molecule has 0 fully saturated rings. The van der Waals surface area contributed by atoms with Crippen LogP contribution in [0.15, 0.2) is 63.1 Å². The molecule has 0 bridgehead atoms. The quantitative estimate of drug-likeness (QED) is 0.311. The lowest BCUT2D eigenvalue weighted by Crippen LogP contribution is -2.03. The highest BCUT2D eigenvalue weighted by Crippen LogP contribution is 2.29. The number of benzene rings is 2. The summed E-state index contributed by atoms with van der Waals surface area (Å²) in [5.74, 6) is -0.424. The molecule has 9 heteroatoms. The molecule has 0 amide bonds. The van der Waals surface area contributed by atoms with Gasteiger partial charge in [-0.25, -0.2) is 14.2 Å². The van der Waals surface area contributed by atoms with Crippen LogP contribution in [0.2, 0.25) is 0 Å². The molecule has 0 radical (unpaired) electrons. The molecule has 2 heterocycles. The van der Waals surface area contributed by atoms with Crippen LogP contribution in [0.1, 0.15) is 0 Å². The molecule has 0 aliphatic rings. The Hall–Kier alpha value is -3.59. The Morgan fingerprint density at radius 1 is 1.19 bits per heavy atom. The second-order valence-electron chi connectivity index (χ2n) is 5.57. The molecular formula is C18H10FN3O4S. The molecule has 2 aromatic heterocycles. The second kappa shape index (κ2) is 6.61. The van der Waals surface area contributed by atoms with Gasteiger partial charge in [-0.15, -0.1) is 11.3 Å². The number of halogens is 1. The molecule has 27 heavy (non-hydrogen) atoms. The standard InChI is InChI=1S/C18H10FN3O4S/c19-13-3-1-2-4-14(13)20-18-21-15(9-27-18)12-8-10-7-11(22(24)25)5-6-16(10)26-17(12)23/h1-9H,(H,20,21). The lowest BCUT2D eigenvalue weighted by Gasteiger charge is -2.03. The maximum atomic E-state index is 13.7. The minimum atomic E-state index is -0.612. The number of anilines is 2. The molecule has 0 saturated carbocycles. The van der Waals surface area contributed by atoms with E-state index in [9.17, 15) is 19.3 Å². The Balaban J connectivity index is 1.73. The Labute approximate surface area is 154 Å². The van der Waals surface area contributed by atoms with Crippen molar-refractivity contribution >= 4 is 38.8 Å². The van der Waals surface area contributed by atoms with E-state index in [1.165, 1.54) is 41.7 Å². The summed E-state index contributed by atoms with van der Waals surface area (Å²) in [5, 5.41) is 16.2. The fourth-order valence-corrected chi connectivity index (χ4v) is 3.26. The van der Waals surface area contributed by atoms with Gasteiger partial charge in [0.25, 0.3) is 5.69 Å². The lowest BCUT2D eigenvalue weighted by molar-refractivity contribution is -0.384. The van der Waals surface area contributed by atoms with Gasteiger partial charge in [-0.05, 0) is 24.3 Å². The van der Waals surface area contributed by atoms with Gasteiger partial charge in [0.1, 0.15) is 11.4 Å². The Morgan fingerprint density at radius 3 is 2.78 bits per heavy atom. The lowest BCUT2D eigenvalue weighted by atomic mass is 10.1. The molecule has 7 nitrogen and oxygen atoms in total. The number of nitro benzene ring substituents is 1. The number of nitrogens with one attached hydrogen (secondary N) is 1. The van der Waals surface area contributed by atoms with Gasteiger partial charge in [0.15, 0.2) is 5.13 Å². The number of nitrogens with zero attached hydrogens (tertiary/aromatic N) is 2. The summed E-state index contributed by atoms with van der Waals surface area (Å²) in [7, 11) is 0. The average molecular weight is 383 g/mol. The van der Waals surface area contributed by atoms with Crippen molar-refractivity contribution in [2.24, 2.45) is 0 Å². The minimum Gasteiger partial charge on any atom is -0.422 e. The largest absolute Gasteiger partial charge is 0.422 e. The zero-order chi connectivity index (χ0) is 19.0.